The highest BCUT2D eigenvalue weighted by molar-refractivity contribution is 5.79. The normalized spacial score (nSPS) is 21.0. The third kappa shape index (κ3) is 4.74. The molecule has 5 heterocycles. The van der Waals surface area contributed by atoms with E-state index in [0.717, 1.165) is 80.8 Å². The predicted octanol–water partition coefficient (Wildman–Crippen LogP) is 3.25. The molecule has 0 unspecified atom stereocenters. The van der Waals surface area contributed by atoms with Gasteiger partial charge in [-0.05, 0) is 70.3 Å². The summed E-state index contributed by atoms with van der Waals surface area (Å²) in [4.78, 5) is 22.3. The second-order valence-electron chi connectivity index (χ2n) is 10.5. The maximum absolute atomic E-state index is 14.6. The van der Waals surface area contributed by atoms with Crippen molar-refractivity contribution in [2.24, 2.45) is 5.92 Å². The van der Waals surface area contributed by atoms with Crippen molar-refractivity contribution in [2.45, 2.75) is 51.0 Å². The molecule has 2 fully saturated rings. The lowest BCUT2D eigenvalue weighted by molar-refractivity contribution is -0.136. The Bertz CT molecular complexity index is 1290. The number of ether oxygens (including phenoxy) is 1. The van der Waals surface area contributed by atoms with Crippen LogP contribution in [0.4, 0.5) is 10.3 Å². The highest BCUT2D eigenvalue weighted by Gasteiger charge is 2.30. The molecule has 0 spiro atoms. The molecule has 3 aromatic rings. The molecule has 2 saturated heterocycles. The van der Waals surface area contributed by atoms with Crippen LogP contribution in [0.15, 0.2) is 24.7 Å². The third-order valence-electron chi connectivity index (χ3n) is 8.27. The van der Waals surface area contributed by atoms with Crippen molar-refractivity contribution < 1.29 is 13.9 Å². The fourth-order valence-electron chi connectivity index (χ4n) is 6.07. The van der Waals surface area contributed by atoms with Gasteiger partial charge in [0.15, 0.2) is 5.65 Å². The molecular weight excluding hydrogens is 473 g/mol. The molecule has 0 aliphatic carbocycles. The van der Waals surface area contributed by atoms with Gasteiger partial charge in [0, 0.05) is 54.9 Å². The number of nitrogens with zero attached hydrogens (tertiary/aromatic N) is 6. The number of hydrogen-bond donors (Lipinski definition) is 1. The Balaban J connectivity index is 1.16. The Labute approximate surface area is 216 Å². The van der Waals surface area contributed by atoms with Crippen LogP contribution in [0.2, 0.25) is 0 Å². The summed E-state index contributed by atoms with van der Waals surface area (Å²) in [7, 11) is 2.12. The van der Waals surface area contributed by atoms with E-state index in [-0.39, 0.29) is 17.7 Å². The number of fused-ring (bicyclic) bond motifs is 2. The van der Waals surface area contributed by atoms with E-state index >= 15 is 0 Å². The standard InChI is InChI=1S/C27H34FN7O2/c1-33-11-6-19(7-12-33)26(36)34-10-2-3-18(8-13-34)21-15-29-27(35-17-31-32-25(21)35)30-16-22-20-9-14-37-24(20)5-4-23(22)28/h4-5,15,17-19H,2-3,6-14,16H2,1H3,(H,29,30)/t18-/m0/s1. The Morgan fingerprint density at radius 1 is 1.16 bits per heavy atom. The average molecular weight is 508 g/mol. The van der Waals surface area contributed by atoms with E-state index in [4.69, 9.17) is 9.72 Å². The van der Waals surface area contributed by atoms with E-state index in [1.165, 1.54) is 6.07 Å². The average Bonchev–Trinajstić information content (AvgIpc) is 3.53. The molecular formula is C27H34FN7O2. The number of piperidine rings is 1. The summed E-state index contributed by atoms with van der Waals surface area (Å²) >= 11 is 0. The van der Waals surface area contributed by atoms with Gasteiger partial charge in [0.25, 0.3) is 0 Å². The van der Waals surface area contributed by atoms with Crippen LogP contribution in [0.5, 0.6) is 5.75 Å². The van der Waals surface area contributed by atoms with Crippen molar-refractivity contribution in [3.05, 3.63) is 47.2 Å². The maximum atomic E-state index is 14.6. The Kier molecular flexibility index (Phi) is 6.67. The molecule has 3 aliphatic heterocycles. The smallest absolute Gasteiger partial charge is 0.225 e. The number of aromatic nitrogens is 4. The number of halogens is 1. The minimum Gasteiger partial charge on any atom is -0.493 e. The van der Waals surface area contributed by atoms with Crippen LogP contribution in [0.1, 0.15) is 54.7 Å². The summed E-state index contributed by atoms with van der Waals surface area (Å²) in [6, 6.07) is 3.15. The molecule has 6 rings (SSSR count). The van der Waals surface area contributed by atoms with Gasteiger partial charge in [0.2, 0.25) is 11.9 Å². The molecule has 0 bridgehead atoms. The fourth-order valence-corrected chi connectivity index (χ4v) is 6.07. The van der Waals surface area contributed by atoms with E-state index in [0.29, 0.717) is 37.0 Å². The first-order chi connectivity index (χ1) is 18.1. The number of nitrogens with one attached hydrogen (secondary N) is 1. The van der Waals surface area contributed by atoms with Gasteiger partial charge in [-0.1, -0.05) is 0 Å². The molecule has 1 aromatic carbocycles. The molecule has 1 N–H and O–H groups in total. The van der Waals surface area contributed by atoms with Gasteiger partial charge in [-0.15, -0.1) is 10.2 Å². The number of carbonyl (C=O) groups is 1. The summed E-state index contributed by atoms with van der Waals surface area (Å²) in [6.45, 7) is 4.45. The van der Waals surface area contributed by atoms with E-state index in [2.05, 4.69) is 32.4 Å². The minimum absolute atomic E-state index is 0.158. The zero-order valence-corrected chi connectivity index (χ0v) is 21.3. The Morgan fingerprint density at radius 3 is 2.89 bits per heavy atom. The van der Waals surface area contributed by atoms with Crippen molar-refractivity contribution in [1.82, 2.24) is 29.4 Å². The minimum atomic E-state index is -0.244. The molecule has 196 valence electrons. The highest BCUT2D eigenvalue weighted by Crippen LogP contribution is 2.33. The number of benzene rings is 1. The fraction of sp³-hybridized carbons (Fsp3) is 0.556. The van der Waals surface area contributed by atoms with Gasteiger partial charge in [0.05, 0.1) is 6.61 Å². The monoisotopic (exact) mass is 507 g/mol. The summed E-state index contributed by atoms with van der Waals surface area (Å²) in [5, 5.41) is 11.8. The molecule has 37 heavy (non-hydrogen) atoms. The number of hydrogen-bond acceptors (Lipinski definition) is 7. The number of anilines is 1. The summed E-state index contributed by atoms with van der Waals surface area (Å²) in [5.41, 5.74) is 3.35. The summed E-state index contributed by atoms with van der Waals surface area (Å²) in [5.74, 6) is 1.83. The molecule has 10 heteroatoms. The van der Waals surface area contributed by atoms with Crippen molar-refractivity contribution in [2.75, 3.05) is 45.2 Å². The van der Waals surface area contributed by atoms with E-state index in [1.807, 2.05) is 10.6 Å². The van der Waals surface area contributed by atoms with Crippen LogP contribution in [-0.2, 0) is 17.8 Å². The lowest BCUT2D eigenvalue weighted by Crippen LogP contribution is -2.42. The second kappa shape index (κ2) is 10.2. The van der Waals surface area contributed by atoms with E-state index in [9.17, 15) is 9.18 Å². The summed E-state index contributed by atoms with van der Waals surface area (Å²) < 4.78 is 22.0. The van der Waals surface area contributed by atoms with Crippen molar-refractivity contribution in [1.29, 1.82) is 0 Å². The van der Waals surface area contributed by atoms with Crippen LogP contribution < -0.4 is 10.1 Å². The first-order valence-corrected chi connectivity index (χ1v) is 13.4. The molecule has 1 amide bonds. The first kappa shape index (κ1) is 24.1. The van der Waals surface area contributed by atoms with Crippen molar-refractivity contribution in [3.63, 3.8) is 0 Å². The van der Waals surface area contributed by atoms with Crippen LogP contribution >= 0.6 is 0 Å². The number of carbonyl (C=O) groups excluding carboxylic acids is 1. The highest BCUT2D eigenvalue weighted by atomic mass is 19.1. The zero-order valence-electron chi connectivity index (χ0n) is 21.3. The van der Waals surface area contributed by atoms with Gasteiger partial charge < -0.3 is 19.9 Å². The predicted molar refractivity (Wildman–Crippen MR) is 137 cm³/mol. The van der Waals surface area contributed by atoms with Gasteiger partial charge in [-0.25, -0.2) is 9.37 Å². The zero-order chi connectivity index (χ0) is 25.4. The topological polar surface area (TPSA) is 87.9 Å². The van der Waals surface area contributed by atoms with Crippen LogP contribution in [0.3, 0.4) is 0 Å². The maximum Gasteiger partial charge on any atom is 0.225 e. The van der Waals surface area contributed by atoms with Crippen LogP contribution in [-0.4, -0.2) is 75.1 Å². The first-order valence-electron chi connectivity index (χ1n) is 13.4. The molecule has 0 radical (unpaired) electrons. The van der Waals surface area contributed by atoms with Crippen LogP contribution in [0, 0.1) is 11.7 Å². The largest absolute Gasteiger partial charge is 0.493 e. The van der Waals surface area contributed by atoms with Crippen molar-refractivity contribution in [3.8, 4) is 5.75 Å². The molecule has 3 aliphatic rings. The number of amides is 1. The second-order valence-corrected chi connectivity index (χ2v) is 10.5. The lowest BCUT2D eigenvalue weighted by atomic mass is 9.93. The molecule has 9 nitrogen and oxygen atoms in total. The molecule has 2 aromatic heterocycles. The molecule has 0 saturated carbocycles. The SMILES string of the molecule is CN1CCC(C(=O)N2CCC[C@H](c3cnc(NCc4c(F)ccc5c4CCO5)n4cnnc34)CC2)CC1. The van der Waals surface area contributed by atoms with Gasteiger partial charge in [0.1, 0.15) is 17.9 Å². The summed E-state index contributed by atoms with van der Waals surface area (Å²) in [6.07, 6.45) is 8.97. The lowest BCUT2D eigenvalue weighted by Gasteiger charge is -2.32. The number of rotatable bonds is 5. The number of likely N-dealkylation sites (tertiary alicyclic amines) is 2. The van der Waals surface area contributed by atoms with Gasteiger partial charge in [-0.3, -0.25) is 9.20 Å². The molecule has 1 atom stereocenters. The van der Waals surface area contributed by atoms with E-state index < -0.39 is 0 Å². The van der Waals surface area contributed by atoms with Crippen LogP contribution in [0.25, 0.3) is 5.65 Å². The van der Waals surface area contributed by atoms with E-state index in [1.54, 1.807) is 12.4 Å². The Morgan fingerprint density at radius 2 is 2.03 bits per heavy atom. The van der Waals surface area contributed by atoms with Gasteiger partial charge >= 0.3 is 0 Å². The quantitative estimate of drug-likeness (QED) is 0.567. The third-order valence-corrected chi connectivity index (χ3v) is 8.27. The Hall–Kier alpha value is -3.27. The van der Waals surface area contributed by atoms with Crippen molar-refractivity contribution >= 4 is 17.5 Å². The van der Waals surface area contributed by atoms with Gasteiger partial charge in [-0.2, -0.15) is 0 Å².